The minimum atomic E-state index is -0.327. The van der Waals surface area contributed by atoms with Crippen LogP contribution in [-0.2, 0) is 4.79 Å². The van der Waals surface area contributed by atoms with Crippen molar-refractivity contribution in [2.45, 2.75) is 12.8 Å². The van der Waals surface area contributed by atoms with Gasteiger partial charge in [0, 0.05) is 35.6 Å². The van der Waals surface area contributed by atoms with Gasteiger partial charge in [0.15, 0.2) is 5.82 Å². The third-order valence-corrected chi connectivity index (χ3v) is 5.17. The Morgan fingerprint density at radius 1 is 1.17 bits per heavy atom. The van der Waals surface area contributed by atoms with Crippen LogP contribution in [0.3, 0.4) is 0 Å². The Labute approximate surface area is 173 Å². The highest BCUT2D eigenvalue weighted by molar-refractivity contribution is 6.30. The standard InChI is InChI=1S/C22H20ClFN4O/c23-17-6-2-8-19(13-17)26-22(29)16-5-3-11-28(14-16)20-9-10-25-21(27-20)15-4-1-7-18(24)12-15/h1-2,4,6-10,12-13,16H,3,5,11,14H2,(H,26,29)/t16-/m1/s1. The molecule has 0 aliphatic carbocycles. The molecule has 29 heavy (non-hydrogen) atoms. The van der Waals surface area contributed by atoms with Gasteiger partial charge >= 0.3 is 0 Å². The second-order valence-electron chi connectivity index (χ2n) is 7.03. The van der Waals surface area contributed by atoms with Crippen LogP contribution in [0.25, 0.3) is 11.4 Å². The van der Waals surface area contributed by atoms with Crippen LogP contribution in [0.4, 0.5) is 15.9 Å². The second-order valence-corrected chi connectivity index (χ2v) is 7.47. The lowest BCUT2D eigenvalue weighted by atomic mass is 9.97. The molecule has 1 aliphatic heterocycles. The van der Waals surface area contributed by atoms with Gasteiger partial charge in [-0.2, -0.15) is 0 Å². The topological polar surface area (TPSA) is 58.1 Å². The molecule has 1 aromatic heterocycles. The molecule has 0 radical (unpaired) electrons. The molecule has 1 aliphatic rings. The summed E-state index contributed by atoms with van der Waals surface area (Å²) in [5.41, 5.74) is 1.31. The first-order chi connectivity index (χ1) is 14.1. The fourth-order valence-electron chi connectivity index (χ4n) is 3.50. The third-order valence-electron chi connectivity index (χ3n) is 4.93. The van der Waals surface area contributed by atoms with Crippen LogP contribution in [0.5, 0.6) is 0 Å². The molecule has 0 unspecified atom stereocenters. The van der Waals surface area contributed by atoms with Crippen molar-refractivity contribution in [1.82, 2.24) is 9.97 Å². The van der Waals surface area contributed by atoms with Crippen LogP contribution in [0, 0.1) is 11.7 Å². The maximum atomic E-state index is 13.5. The van der Waals surface area contributed by atoms with E-state index in [2.05, 4.69) is 20.2 Å². The number of hydrogen-bond acceptors (Lipinski definition) is 4. The maximum Gasteiger partial charge on any atom is 0.229 e. The van der Waals surface area contributed by atoms with E-state index in [1.54, 1.807) is 36.5 Å². The molecule has 3 aromatic rings. The molecule has 2 heterocycles. The molecule has 1 atom stereocenters. The summed E-state index contributed by atoms with van der Waals surface area (Å²) < 4.78 is 13.5. The summed E-state index contributed by atoms with van der Waals surface area (Å²) in [6, 6.07) is 15.2. The molecule has 7 heteroatoms. The summed E-state index contributed by atoms with van der Waals surface area (Å²) in [5.74, 6) is 0.686. The van der Waals surface area contributed by atoms with E-state index >= 15 is 0 Å². The Morgan fingerprint density at radius 2 is 2.03 bits per heavy atom. The molecule has 1 N–H and O–H groups in total. The molecule has 1 amide bonds. The SMILES string of the molecule is O=C(Nc1cccc(Cl)c1)[C@@H]1CCCN(c2ccnc(-c3cccc(F)c3)n2)C1. The van der Waals surface area contributed by atoms with Gasteiger partial charge in [-0.25, -0.2) is 14.4 Å². The minimum Gasteiger partial charge on any atom is -0.356 e. The summed E-state index contributed by atoms with van der Waals surface area (Å²) in [5, 5.41) is 3.53. The van der Waals surface area contributed by atoms with Gasteiger partial charge in [-0.3, -0.25) is 4.79 Å². The van der Waals surface area contributed by atoms with Crippen molar-refractivity contribution in [3.63, 3.8) is 0 Å². The van der Waals surface area contributed by atoms with Crippen LogP contribution < -0.4 is 10.2 Å². The van der Waals surface area contributed by atoms with E-state index in [0.29, 0.717) is 28.6 Å². The largest absolute Gasteiger partial charge is 0.356 e. The smallest absolute Gasteiger partial charge is 0.229 e. The number of rotatable bonds is 4. The van der Waals surface area contributed by atoms with E-state index < -0.39 is 0 Å². The molecule has 0 spiro atoms. The lowest BCUT2D eigenvalue weighted by Gasteiger charge is -2.33. The molecule has 148 valence electrons. The first-order valence-corrected chi connectivity index (χ1v) is 9.87. The number of carbonyl (C=O) groups excluding carboxylic acids is 1. The Morgan fingerprint density at radius 3 is 2.86 bits per heavy atom. The average Bonchev–Trinajstić information content (AvgIpc) is 2.74. The van der Waals surface area contributed by atoms with E-state index in [1.807, 2.05) is 12.1 Å². The fourth-order valence-corrected chi connectivity index (χ4v) is 3.69. The Bertz CT molecular complexity index is 1030. The van der Waals surface area contributed by atoms with Crippen molar-refractivity contribution in [3.05, 3.63) is 71.6 Å². The van der Waals surface area contributed by atoms with Crippen molar-refractivity contribution < 1.29 is 9.18 Å². The van der Waals surface area contributed by atoms with Crippen molar-refractivity contribution in [2.75, 3.05) is 23.3 Å². The van der Waals surface area contributed by atoms with E-state index in [9.17, 15) is 9.18 Å². The monoisotopic (exact) mass is 410 g/mol. The normalized spacial score (nSPS) is 16.5. The summed E-state index contributed by atoms with van der Waals surface area (Å²) in [7, 11) is 0. The van der Waals surface area contributed by atoms with E-state index in [0.717, 1.165) is 25.2 Å². The second kappa shape index (κ2) is 8.57. The number of nitrogens with one attached hydrogen (secondary N) is 1. The number of aromatic nitrogens is 2. The third kappa shape index (κ3) is 4.71. The predicted molar refractivity (Wildman–Crippen MR) is 112 cm³/mol. The molecular weight excluding hydrogens is 391 g/mol. The van der Waals surface area contributed by atoms with Crippen molar-refractivity contribution >= 4 is 29.0 Å². The molecule has 0 saturated carbocycles. The molecule has 2 aromatic carbocycles. The molecule has 1 saturated heterocycles. The fraction of sp³-hybridized carbons (Fsp3) is 0.227. The van der Waals surface area contributed by atoms with Gasteiger partial charge in [-0.15, -0.1) is 0 Å². The van der Waals surface area contributed by atoms with Gasteiger partial charge in [0.05, 0.1) is 5.92 Å². The Hall–Kier alpha value is -2.99. The van der Waals surface area contributed by atoms with Crippen molar-refractivity contribution in [1.29, 1.82) is 0 Å². The molecule has 5 nitrogen and oxygen atoms in total. The van der Waals surface area contributed by atoms with Crippen molar-refractivity contribution in [2.24, 2.45) is 5.92 Å². The zero-order valence-electron chi connectivity index (χ0n) is 15.7. The van der Waals surface area contributed by atoms with Crippen molar-refractivity contribution in [3.8, 4) is 11.4 Å². The first kappa shape index (κ1) is 19.3. The predicted octanol–water partition coefficient (Wildman–Crippen LogP) is 4.79. The first-order valence-electron chi connectivity index (χ1n) is 9.49. The molecular formula is C22H20ClFN4O. The van der Waals surface area contributed by atoms with Crippen LogP contribution in [-0.4, -0.2) is 29.0 Å². The minimum absolute atomic E-state index is 0.0311. The molecule has 4 rings (SSSR count). The highest BCUT2D eigenvalue weighted by atomic mass is 35.5. The average molecular weight is 411 g/mol. The number of halogens is 2. The number of hydrogen-bond donors (Lipinski definition) is 1. The summed E-state index contributed by atoms with van der Waals surface area (Å²) in [4.78, 5) is 23.7. The van der Waals surface area contributed by atoms with Gasteiger partial charge in [-0.1, -0.05) is 29.8 Å². The van der Waals surface area contributed by atoms with Crippen LogP contribution in [0.15, 0.2) is 60.8 Å². The lowest BCUT2D eigenvalue weighted by Crippen LogP contribution is -2.41. The number of nitrogens with zero attached hydrogens (tertiary/aromatic N) is 3. The highest BCUT2D eigenvalue weighted by Crippen LogP contribution is 2.25. The highest BCUT2D eigenvalue weighted by Gasteiger charge is 2.27. The van der Waals surface area contributed by atoms with E-state index in [-0.39, 0.29) is 17.6 Å². The lowest BCUT2D eigenvalue weighted by molar-refractivity contribution is -0.120. The molecule has 1 fully saturated rings. The summed E-state index contributed by atoms with van der Waals surface area (Å²) in [6.45, 7) is 1.37. The van der Waals surface area contributed by atoms with Crippen LogP contribution >= 0.6 is 11.6 Å². The zero-order valence-corrected chi connectivity index (χ0v) is 16.4. The van der Waals surface area contributed by atoms with E-state index in [1.165, 1.54) is 12.1 Å². The number of benzene rings is 2. The quantitative estimate of drug-likeness (QED) is 0.671. The Balaban J connectivity index is 1.48. The Kier molecular flexibility index (Phi) is 5.71. The molecule has 0 bridgehead atoms. The van der Waals surface area contributed by atoms with Crippen LogP contribution in [0.1, 0.15) is 12.8 Å². The van der Waals surface area contributed by atoms with Gasteiger partial charge in [0.2, 0.25) is 5.91 Å². The summed E-state index contributed by atoms with van der Waals surface area (Å²) >= 11 is 6.00. The van der Waals surface area contributed by atoms with Gasteiger partial charge < -0.3 is 10.2 Å². The zero-order chi connectivity index (χ0) is 20.2. The number of carbonyl (C=O) groups is 1. The number of amides is 1. The maximum absolute atomic E-state index is 13.5. The number of piperidine rings is 1. The van der Waals surface area contributed by atoms with E-state index in [4.69, 9.17) is 11.6 Å². The van der Waals surface area contributed by atoms with Gasteiger partial charge in [-0.05, 0) is 49.2 Å². The van der Waals surface area contributed by atoms with Gasteiger partial charge in [0.1, 0.15) is 11.6 Å². The van der Waals surface area contributed by atoms with Gasteiger partial charge in [0.25, 0.3) is 0 Å². The van der Waals surface area contributed by atoms with Crippen LogP contribution in [0.2, 0.25) is 5.02 Å². The number of anilines is 2. The summed E-state index contributed by atoms with van der Waals surface area (Å²) in [6.07, 6.45) is 3.36.